The van der Waals surface area contributed by atoms with Crippen molar-refractivity contribution in [2.24, 2.45) is 11.8 Å². The molecule has 0 saturated carbocycles. The summed E-state index contributed by atoms with van der Waals surface area (Å²) in [5.74, 6) is 1.25. The highest BCUT2D eigenvalue weighted by Crippen LogP contribution is 2.21. The molecule has 1 aromatic rings. The number of nitrogens with zero attached hydrogens (tertiary/aromatic N) is 1. The first-order valence-corrected chi connectivity index (χ1v) is 7.60. The van der Waals surface area contributed by atoms with E-state index in [1.54, 1.807) is 7.11 Å². The number of esters is 1. The van der Waals surface area contributed by atoms with Gasteiger partial charge in [-0.2, -0.15) is 0 Å². The number of benzene rings is 1. The average molecular weight is 291 g/mol. The summed E-state index contributed by atoms with van der Waals surface area (Å²) in [7, 11) is 1.67. The minimum absolute atomic E-state index is 0.0296. The lowest BCUT2D eigenvalue weighted by Crippen LogP contribution is -2.25. The fourth-order valence-electron chi connectivity index (χ4n) is 2.52. The molecular weight excluding hydrogens is 266 g/mol. The van der Waals surface area contributed by atoms with Crippen molar-refractivity contribution in [2.75, 3.05) is 26.8 Å². The smallest absolute Gasteiger partial charge is 0.310 e. The molecular formula is C17H25NO3. The van der Waals surface area contributed by atoms with Gasteiger partial charge in [0, 0.05) is 13.1 Å². The summed E-state index contributed by atoms with van der Waals surface area (Å²) in [5, 5.41) is 0. The maximum absolute atomic E-state index is 12.0. The second-order valence-electron chi connectivity index (χ2n) is 6.09. The van der Waals surface area contributed by atoms with Crippen LogP contribution < -0.4 is 4.74 Å². The first-order valence-electron chi connectivity index (χ1n) is 7.60. The van der Waals surface area contributed by atoms with E-state index in [2.05, 4.69) is 30.9 Å². The van der Waals surface area contributed by atoms with E-state index in [1.165, 1.54) is 5.56 Å². The second kappa shape index (κ2) is 7.46. The van der Waals surface area contributed by atoms with E-state index in [0.29, 0.717) is 12.5 Å². The lowest BCUT2D eigenvalue weighted by molar-refractivity contribution is -0.149. The van der Waals surface area contributed by atoms with Gasteiger partial charge in [-0.05, 0) is 36.6 Å². The highest BCUT2D eigenvalue weighted by atomic mass is 16.5. The maximum Gasteiger partial charge on any atom is 0.310 e. The molecule has 0 aromatic heterocycles. The van der Waals surface area contributed by atoms with Crippen LogP contribution in [0.3, 0.4) is 0 Å². The van der Waals surface area contributed by atoms with Crippen LogP contribution in [-0.2, 0) is 16.1 Å². The predicted molar refractivity (Wildman–Crippen MR) is 82.2 cm³/mol. The Kier molecular flexibility index (Phi) is 5.62. The molecule has 1 aliphatic rings. The molecule has 0 spiro atoms. The van der Waals surface area contributed by atoms with E-state index in [-0.39, 0.29) is 11.9 Å². The minimum atomic E-state index is -0.0408. The summed E-state index contributed by atoms with van der Waals surface area (Å²) in [5.41, 5.74) is 1.24. The number of hydrogen-bond acceptors (Lipinski definition) is 4. The molecule has 21 heavy (non-hydrogen) atoms. The Morgan fingerprint density at radius 1 is 1.33 bits per heavy atom. The summed E-state index contributed by atoms with van der Waals surface area (Å²) in [6.07, 6.45) is 0.896. The molecule has 1 aliphatic heterocycles. The quantitative estimate of drug-likeness (QED) is 0.755. The second-order valence-corrected chi connectivity index (χ2v) is 6.09. The predicted octanol–water partition coefficient (Wildman–Crippen LogP) is 2.72. The topological polar surface area (TPSA) is 38.8 Å². The van der Waals surface area contributed by atoms with Crippen LogP contribution in [-0.4, -0.2) is 37.7 Å². The van der Waals surface area contributed by atoms with E-state index >= 15 is 0 Å². The van der Waals surface area contributed by atoms with Crippen LogP contribution in [0.15, 0.2) is 24.3 Å². The van der Waals surface area contributed by atoms with Crippen LogP contribution in [0.4, 0.5) is 0 Å². The fourth-order valence-corrected chi connectivity index (χ4v) is 2.52. The van der Waals surface area contributed by atoms with Gasteiger partial charge in [-0.15, -0.1) is 0 Å². The van der Waals surface area contributed by atoms with Gasteiger partial charge in [0.15, 0.2) is 0 Å². The van der Waals surface area contributed by atoms with E-state index in [0.717, 1.165) is 31.8 Å². The van der Waals surface area contributed by atoms with Crippen molar-refractivity contribution in [3.8, 4) is 5.75 Å². The SMILES string of the molecule is COc1ccc(CN2CCC(C(=O)OCC(C)C)C2)cc1. The van der Waals surface area contributed by atoms with Crippen molar-refractivity contribution >= 4 is 5.97 Å². The Balaban J connectivity index is 1.80. The number of carbonyl (C=O) groups is 1. The van der Waals surface area contributed by atoms with Gasteiger partial charge >= 0.3 is 5.97 Å². The summed E-state index contributed by atoms with van der Waals surface area (Å²) in [6, 6.07) is 8.09. The first-order chi connectivity index (χ1) is 10.1. The average Bonchev–Trinajstić information content (AvgIpc) is 2.94. The third-order valence-corrected chi connectivity index (χ3v) is 3.73. The molecule has 1 heterocycles. The van der Waals surface area contributed by atoms with Crippen molar-refractivity contribution in [1.29, 1.82) is 0 Å². The number of likely N-dealkylation sites (tertiary alicyclic amines) is 1. The van der Waals surface area contributed by atoms with Crippen LogP contribution in [0.2, 0.25) is 0 Å². The van der Waals surface area contributed by atoms with Crippen molar-refractivity contribution in [2.45, 2.75) is 26.8 Å². The van der Waals surface area contributed by atoms with Gasteiger partial charge in [0.1, 0.15) is 5.75 Å². The lowest BCUT2D eigenvalue weighted by Gasteiger charge is -2.16. The van der Waals surface area contributed by atoms with Gasteiger partial charge < -0.3 is 9.47 Å². The Morgan fingerprint density at radius 3 is 2.67 bits per heavy atom. The summed E-state index contributed by atoms with van der Waals surface area (Å²) in [4.78, 5) is 14.3. The zero-order valence-corrected chi connectivity index (χ0v) is 13.2. The zero-order valence-electron chi connectivity index (χ0n) is 13.2. The van der Waals surface area contributed by atoms with E-state index in [9.17, 15) is 4.79 Å². The molecule has 1 saturated heterocycles. The van der Waals surface area contributed by atoms with Gasteiger partial charge in [0.25, 0.3) is 0 Å². The van der Waals surface area contributed by atoms with E-state index < -0.39 is 0 Å². The molecule has 0 bridgehead atoms. The van der Waals surface area contributed by atoms with Crippen LogP contribution in [0.1, 0.15) is 25.8 Å². The number of rotatable bonds is 6. The van der Waals surface area contributed by atoms with Crippen molar-refractivity contribution in [1.82, 2.24) is 4.90 Å². The Labute approximate surface area is 127 Å². The number of ether oxygens (including phenoxy) is 2. The van der Waals surface area contributed by atoms with Crippen molar-refractivity contribution in [3.63, 3.8) is 0 Å². The standard InChI is InChI=1S/C17H25NO3/c1-13(2)12-21-17(19)15-8-9-18(11-15)10-14-4-6-16(20-3)7-5-14/h4-7,13,15H,8-12H2,1-3H3. The molecule has 0 radical (unpaired) electrons. The molecule has 0 amide bonds. The molecule has 1 fully saturated rings. The van der Waals surface area contributed by atoms with Crippen LogP contribution >= 0.6 is 0 Å². The number of hydrogen-bond donors (Lipinski definition) is 0. The Bertz CT molecular complexity index is 456. The molecule has 0 N–H and O–H groups in total. The molecule has 4 heteroatoms. The highest BCUT2D eigenvalue weighted by molar-refractivity contribution is 5.73. The molecule has 1 aromatic carbocycles. The fraction of sp³-hybridized carbons (Fsp3) is 0.588. The Morgan fingerprint density at radius 2 is 2.05 bits per heavy atom. The van der Waals surface area contributed by atoms with Crippen LogP contribution in [0.25, 0.3) is 0 Å². The van der Waals surface area contributed by atoms with Gasteiger partial charge in [0.05, 0.1) is 19.6 Å². The van der Waals surface area contributed by atoms with Crippen molar-refractivity contribution < 1.29 is 14.3 Å². The molecule has 116 valence electrons. The van der Waals surface area contributed by atoms with Gasteiger partial charge in [-0.25, -0.2) is 0 Å². The number of carbonyl (C=O) groups excluding carboxylic acids is 1. The van der Waals surface area contributed by atoms with Gasteiger partial charge in [0.2, 0.25) is 0 Å². The highest BCUT2D eigenvalue weighted by Gasteiger charge is 2.29. The molecule has 0 aliphatic carbocycles. The normalized spacial score (nSPS) is 19.0. The third kappa shape index (κ3) is 4.74. The molecule has 1 unspecified atom stereocenters. The van der Waals surface area contributed by atoms with Crippen LogP contribution in [0, 0.1) is 11.8 Å². The molecule has 1 atom stereocenters. The summed E-state index contributed by atoms with van der Waals surface area (Å²) in [6.45, 7) is 7.25. The monoisotopic (exact) mass is 291 g/mol. The zero-order chi connectivity index (χ0) is 15.2. The van der Waals surface area contributed by atoms with Gasteiger partial charge in [-0.1, -0.05) is 26.0 Å². The van der Waals surface area contributed by atoms with E-state index in [1.807, 2.05) is 12.1 Å². The maximum atomic E-state index is 12.0. The molecule has 4 nitrogen and oxygen atoms in total. The largest absolute Gasteiger partial charge is 0.497 e. The Hall–Kier alpha value is -1.55. The van der Waals surface area contributed by atoms with Gasteiger partial charge in [-0.3, -0.25) is 9.69 Å². The van der Waals surface area contributed by atoms with Crippen LogP contribution in [0.5, 0.6) is 5.75 Å². The first kappa shape index (κ1) is 15.8. The lowest BCUT2D eigenvalue weighted by atomic mass is 10.1. The van der Waals surface area contributed by atoms with Crippen molar-refractivity contribution in [3.05, 3.63) is 29.8 Å². The van der Waals surface area contributed by atoms with E-state index in [4.69, 9.17) is 9.47 Å². The summed E-state index contributed by atoms with van der Waals surface area (Å²) >= 11 is 0. The summed E-state index contributed by atoms with van der Waals surface area (Å²) < 4.78 is 10.5. The third-order valence-electron chi connectivity index (χ3n) is 3.73. The number of methoxy groups -OCH3 is 1. The molecule has 2 rings (SSSR count). The minimum Gasteiger partial charge on any atom is -0.497 e.